The smallest absolute Gasteiger partial charge is 0.307 e. The Morgan fingerprint density at radius 1 is 1.14 bits per heavy atom. The molecule has 4 nitrogen and oxygen atoms in total. The minimum Gasteiger partial charge on any atom is -0.488 e. The fourth-order valence-electron chi connectivity index (χ4n) is 2.10. The molecule has 1 N–H and O–H groups in total. The van der Waals surface area contributed by atoms with Gasteiger partial charge in [0.05, 0.1) is 9.99 Å². The number of ketones is 1. The molecular weight excluding hydrogens is 395 g/mol. The van der Waals surface area contributed by atoms with Gasteiger partial charge >= 0.3 is 5.97 Å². The van der Waals surface area contributed by atoms with Crippen molar-refractivity contribution in [2.24, 2.45) is 0 Å². The number of aliphatic carboxylic acids is 1. The average molecular weight is 410 g/mol. The van der Waals surface area contributed by atoms with Crippen molar-refractivity contribution < 1.29 is 19.4 Å². The summed E-state index contributed by atoms with van der Waals surface area (Å²) in [5.74, 6) is -0.532. The van der Waals surface area contributed by atoms with Crippen molar-refractivity contribution in [1.29, 1.82) is 0 Å². The molecule has 114 valence electrons. The highest BCUT2D eigenvalue weighted by Crippen LogP contribution is 2.29. The minimum atomic E-state index is -0.972. The second-order valence-electron chi connectivity index (χ2n) is 4.80. The van der Waals surface area contributed by atoms with E-state index in [2.05, 4.69) is 0 Å². The van der Waals surface area contributed by atoms with E-state index in [9.17, 15) is 9.59 Å². The number of hydrogen-bond donors (Lipinski definition) is 1. The summed E-state index contributed by atoms with van der Waals surface area (Å²) < 4.78 is 6.44. The van der Waals surface area contributed by atoms with Gasteiger partial charge in [-0.25, -0.2) is 0 Å². The van der Waals surface area contributed by atoms with E-state index in [1.807, 2.05) is 52.9 Å². The Balaban J connectivity index is 2.29. The third kappa shape index (κ3) is 4.07. The van der Waals surface area contributed by atoms with Crippen LogP contribution >= 0.6 is 22.6 Å². The third-order valence-electron chi connectivity index (χ3n) is 3.15. The van der Waals surface area contributed by atoms with Gasteiger partial charge in [0.15, 0.2) is 5.78 Å². The Hall–Kier alpha value is -1.89. The van der Waals surface area contributed by atoms with Gasteiger partial charge in [-0.15, -0.1) is 0 Å². The van der Waals surface area contributed by atoms with Gasteiger partial charge in [0.2, 0.25) is 0 Å². The average Bonchev–Trinajstić information content (AvgIpc) is 2.48. The summed E-state index contributed by atoms with van der Waals surface area (Å²) in [5, 5.41) is 9.04. The van der Waals surface area contributed by atoms with E-state index in [4.69, 9.17) is 9.84 Å². The maximum atomic E-state index is 11.7. The van der Waals surface area contributed by atoms with E-state index in [1.165, 1.54) is 6.92 Å². The molecule has 0 heterocycles. The van der Waals surface area contributed by atoms with Crippen LogP contribution in [0.5, 0.6) is 5.75 Å². The predicted octanol–water partition coefficient (Wildman–Crippen LogP) is 3.70. The number of carboxylic acids is 1. The maximum Gasteiger partial charge on any atom is 0.307 e. The lowest BCUT2D eigenvalue weighted by Crippen LogP contribution is -2.10. The number of carbonyl (C=O) groups is 2. The van der Waals surface area contributed by atoms with E-state index in [0.29, 0.717) is 27.1 Å². The quantitative estimate of drug-likeness (QED) is 0.583. The molecule has 5 heteroatoms. The number of ether oxygens (including phenoxy) is 1. The molecule has 0 amide bonds. The molecule has 0 unspecified atom stereocenters. The van der Waals surface area contributed by atoms with E-state index >= 15 is 0 Å². The van der Waals surface area contributed by atoms with E-state index in [-0.39, 0.29) is 12.2 Å². The van der Waals surface area contributed by atoms with Crippen LogP contribution < -0.4 is 4.74 Å². The number of rotatable bonds is 6. The zero-order chi connectivity index (χ0) is 16.1. The highest BCUT2D eigenvalue weighted by Gasteiger charge is 2.17. The van der Waals surface area contributed by atoms with Gasteiger partial charge in [-0.2, -0.15) is 0 Å². The molecule has 0 saturated carbocycles. The summed E-state index contributed by atoms with van der Waals surface area (Å²) in [6.07, 6.45) is -0.199. The molecule has 22 heavy (non-hydrogen) atoms. The summed E-state index contributed by atoms with van der Waals surface area (Å²) in [7, 11) is 0. The second kappa shape index (κ2) is 7.40. The maximum absolute atomic E-state index is 11.7. The van der Waals surface area contributed by atoms with Crippen LogP contribution in [-0.4, -0.2) is 16.9 Å². The van der Waals surface area contributed by atoms with Gasteiger partial charge in [-0.3, -0.25) is 9.59 Å². The standard InChI is InChI=1S/C17H15IO4/c1-11(19)13-7-8-15(17(18)14(13)9-16(20)21)22-10-12-5-3-2-4-6-12/h2-8H,9-10H2,1H3,(H,20,21). The molecule has 0 bridgehead atoms. The lowest BCUT2D eigenvalue weighted by Gasteiger charge is -2.14. The molecule has 0 aromatic heterocycles. The number of carbonyl (C=O) groups excluding carboxylic acids is 1. The molecular formula is C17H15IO4. The largest absolute Gasteiger partial charge is 0.488 e. The summed E-state index contributed by atoms with van der Waals surface area (Å²) in [4.78, 5) is 22.7. The molecule has 0 fully saturated rings. The first-order valence-electron chi connectivity index (χ1n) is 6.70. The molecule has 0 spiro atoms. The summed E-state index contributed by atoms with van der Waals surface area (Å²) in [6.45, 7) is 1.82. The predicted molar refractivity (Wildman–Crippen MR) is 91.3 cm³/mol. The zero-order valence-corrected chi connectivity index (χ0v) is 14.2. The van der Waals surface area contributed by atoms with Gasteiger partial charge in [-0.1, -0.05) is 30.3 Å². The fourth-order valence-corrected chi connectivity index (χ4v) is 2.92. The van der Waals surface area contributed by atoms with E-state index in [0.717, 1.165) is 5.56 Å². The molecule has 0 saturated heterocycles. The fraction of sp³-hybridized carbons (Fsp3) is 0.176. The van der Waals surface area contributed by atoms with Crippen LogP contribution in [0.15, 0.2) is 42.5 Å². The van der Waals surface area contributed by atoms with Gasteiger partial charge < -0.3 is 9.84 Å². The van der Waals surface area contributed by atoms with Crippen molar-refractivity contribution in [3.8, 4) is 5.75 Å². The van der Waals surface area contributed by atoms with E-state index < -0.39 is 5.97 Å². The third-order valence-corrected chi connectivity index (χ3v) is 4.33. The highest BCUT2D eigenvalue weighted by molar-refractivity contribution is 14.1. The van der Waals surface area contributed by atoms with Crippen molar-refractivity contribution >= 4 is 34.3 Å². The van der Waals surface area contributed by atoms with Gasteiger partial charge in [0, 0.05) is 5.56 Å². The SMILES string of the molecule is CC(=O)c1ccc(OCc2ccccc2)c(I)c1CC(=O)O. The number of carboxylic acid groups (broad SMARTS) is 1. The first-order chi connectivity index (χ1) is 10.5. The van der Waals surface area contributed by atoms with Crippen LogP contribution in [-0.2, 0) is 17.8 Å². The summed E-state index contributed by atoms with van der Waals surface area (Å²) in [6, 6.07) is 13.0. The Morgan fingerprint density at radius 3 is 2.41 bits per heavy atom. The van der Waals surface area contributed by atoms with Crippen molar-refractivity contribution in [2.75, 3.05) is 0 Å². The normalized spacial score (nSPS) is 10.3. The summed E-state index contributed by atoms with van der Waals surface area (Å²) in [5.41, 5.74) is 1.96. The van der Waals surface area contributed by atoms with Crippen molar-refractivity contribution in [3.05, 3.63) is 62.7 Å². The molecule has 0 aliphatic heterocycles. The molecule has 0 aliphatic rings. The van der Waals surface area contributed by atoms with Crippen molar-refractivity contribution in [1.82, 2.24) is 0 Å². The van der Waals surface area contributed by atoms with Crippen LogP contribution in [0.1, 0.15) is 28.4 Å². The lowest BCUT2D eigenvalue weighted by molar-refractivity contribution is -0.136. The Morgan fingerprint density at radius 2 is 1.82 bits per heavy atom. The van der Waals surface area contributed by atoms with Crippen LogP contribution in [0.2, 0.25) is 0 Å². The Labute approximate surface area is 142 Å². The van der Waals surface area contributed by atoms with Gasteiger partial charge in [0.1, 0.15) is 12.4 Å². The zero-order valence-electron chi connectivity index (χ0n) is 12.0. The molecule has 2 aromatic carbocycles. The first kappa shape index (κ1) is 16.5. The van der Waals surface area contributed by atoms with Gasteiger partial charge in [0.25, 0.3) is 0 Å². The molecule has 0 radical (unpaired) electrons. The van der Waals surface area contributed by atoms with Crippen LogP contribution in [0.4, 0.5) is 0 Å². The Kier molecular flexibility index (Phi) is 5.54. The number of Topliss-reactive ketones (excluding diaryl/α,β-unsaturated/α-hetero) is 1. The van der Waals surface area contributed by atoms with Crippen LogP contribution in [0, 0.1) is 3.57 Å². The molecule has 0 atom stereocenters. The van der Waals surface area contributed by atoms with Crippen molar-refractivity contribution in [3.63, 3.8) is 0 Å². The van der Waals surface area contributed by atoms with Gasteiger partial charge in [-0.05, 0) is 52.8 Å². The van der Waals surface area contributed by atoms with Crippen molar-refractivity contribution in [2.45, 2.75) is 20.0 Å². The number of hydrogen-bond acceptors (Lipinski definition) is 3. The first-order valence-corrected chi connectivity index (χ1v) is 7.77. The topological polar surface area (TPSA) is 63.6 Å². The molecule has 2 aromatic rings. The molecule has 0 aliphatic carbocycles. The highest BCUT2D eigenvalue weighted by atomic mass is 127. The Bertz CT molecular complexity index is 695. The number of halogens is 1. The van der Waals surface area contributed by atoms with E-state index in [1.54, 1.807) is 12.1 Å². The van der Waals surface area contributed by atoms with Crippen LogP contribution in [0.3, 0.4) is 0 Å². The van der Waals surface area contributed by atoms with Crippen LogP contribution in [0.25, 0.3) is 0 Å². The number of benzene rings is 2. The minimum absolute atomic E-state index is 0.149. The second-order valence-corrected chi connectivity index (χ2v) is 5.88. The molecule has 2 rings (SSSR count). The summed E-state index contributed by atoms with van der Waals surface area (Å²) >= 11 is 2.04. The monoisotopic (exact) mass is 410 g/mol. The lowest BCUT2D eigenvalue weighted by atomic mass is 10.0.